The van der Waals surface area contributed by atoms with E-state index in [2.05, 4.69) is 56.9 Å². The number of hydrogen-bond donors (Lipinski definition) is 1. The molecule has 144 valence electrons. The number of rotatable bonds is 4. The number of piperidine rings is 1. The third-order valence-electron chi connectivity index (χ3n) is 6.53. The van der Waals surface area contributed by atoms with Gasteiger partial charge in [0.2, 0.25) is 0 Å². The molecule has 0 aliphatic carbocycles. The van der Waals surface area contributed by atoms with Gasteiger partial charge in [0.25, 0.3) is 0 Å². The van der Waals surface area contributed by atoms with Crippen LogP contribution >= 0.6 is 22.6 Å². The number of fused-ring (bicyclic) bond motifs is 2. The van der Waals surface area contributed by atoms with E-state index >= 15 is 0 Å². The second-order valence-electron chi connectivity index (χ2n) is 8.30. The van der Waals surface area contributed by atoms with Crippen molar-refractivity contribution in [2.24, 2.45) is 0 Å². The summed E-state index contributed by atoms with van der Waals surface area (Å²) in [5.41, 5.74) is 4.52. The average Bonchev–Trinajstić information content (AvgIpc) is 3.33. The molecule has 3 heterocycles. The number of H-pyrrole nitrogens is 1. The lowest BCUT2D eigenvalue weighted by atomic mass is 9.87. The third-order valence-corrected chi connectivity index (χ3v) is 7.20. The van der Waals surface area contributed by atoms with Crippen molar-refractivity contribution in [1.82, 2.24) is 9.88 Å². The van der Waals surface area contributed by atoms with Gasteiger partial charge in [-0.15, -0.1) is 0 Å². The number of aromatic nitrogens is 1. The first-order chi connectivity index (χ1) is 13.7. The van der Waals surface area contributed by atoms with Crippen molar-refractivity contribution in [3.8, 4) is 0 Å². The summed E-state index contributed by atoms with van der Waals surface area (Å²) < 4.78 is 1.10. The third kappa shape index (κ3) is 3.52. The van der Waals surface area contributed by atoms with Gasteiger partial charge >= 0.3 is 0 Å². The van der Waals surface area contributed by atoms with Gasteiger partial charge in [-0.2, -0.15) is 0 Å². The molecule has 2 aliphatic heterocycles. The summed E-state index contributed by atoms with van der Waals surface area (Å²) in [5, 5.41) is 1.30. The second-order valence-corrected chi connectivity index (χ2v) is 9.55. The van der Waals surface area contributed by atoms with Crippen LogP contribution in [0.3, 0.4) is 0 Å². The minimum absolute atomic E-state index is 0.188. The maximum absolute atomic E-state index is 12.7. The Morgan fingerprint density at radius 2 is 2.07 bits per heavy atom. The van der Waals surface area contributed by atoms with Crippen molar-refractivity contribution in [2.45, 2.75) is 44.1 Å². The Balaban J connectivity index is 1.40. The van der Waals surface area contributed by atoms with E-state index < -0.39 is 0 Å². The predicted octanol–water partition coefficient (Wildman–Crippen LogP) is 5.54. The molecular formula is C24H25IN2O. The molecule has 1 N–H and O–H groups in total. The van der Waals surface area contributed by atoms with E-state index in [0.29, 0.717) is 12.3 Å². The van der Waals surface area contributed by atoms with Crippen LogP contribution in [0.15, 0.2) is 48.7 Å². The lowest BCUT2D eigenvalue weighted by Gasteiger charge is -2.35. The van der Waals surface area contributed by atoms with Crippen molar-refractivity contribution < 1.29 is 4.79 Å². The number of carbonyl (C=O) groups is 1. The summed E-state index contributed by atoms with van der Waals surface area (Å²) in [6.07, 6.45) is 8.00. The van der Waals surface area contributed by atoms with Crippen LogP contribution in [0, 0.1) is 3.57 Å². The Hall–Kier alpha value is -1.66. The molecule has 0 saturated carbocycles. The van der Waals surface area contributed by atoms with Gasteiger partial charge in [0.15, 0.2) is 5.78 Å². The van der Waals surface area contributed by atoms with Gasteiger partial charge in [0, 0.05) is 45.2 Å². The maximum atomic E-state index is 12.7. The molecular weight excluding hydrogens is 459 g/mol. The fraction of sp³-hybridized carbons (Fsp3) is 0.375. The van der Waals surface area contributed by atoms with E-state index in [0.717, 1.165) is 20.7 Å². The number of ketones is 1. The summed E-state index contributed by atoms with van der Waals surface area (Å²) in [6.45, 7) is 2.45. The van der Waals surface area contributed by atoms with Crippen LogP contribution in [-0.2, 0) is 6.42 Å². The largest absolute Gasteiger partial charge is 0.361 e. The quantitative estimate of drug-likeness (QED) is 0.390. The van der Waals surface area contributed by atoms with E-state index in [4.69, 9.17) is 0 Å². The highest BCUT2D eigenvalue weighted by molar-refractivity contribution is 14.1. The van der Waals surface area contributed by atoms with Crippen LogP contribution in [0.25, 0.3) is 10.9 Å². The van der Waals surface area contributed by atoms with Gasteiger partial charge in [-0.25, -0.2) is 0 Å². The molecule has 2 unspecified atom stereocenters. The lowest BCUT2D eigenvalue weighted by Crippen LogP contribution is -2.37. The minimum atomic E-state index is 0.188. The molecule has 1 aromatic heterocycles. The smallest absolute Gasteiger partial charge is 0.167 e. The molecule has 3 aromatic rings. The summed E-state index contributed by atoms with van der Waals surface area (Å²) in [5.74, 6) is 0.789. The topological polar surface area (TPSA) is 36.1 Å². The molecule has 0 bridgehead atoms. The van der Waals surface area contributed by atoms with E-state index in [1.165, 1.54) is 55.2 Å². The van der Waals surface area contributed by atoms with Gasteiger partial charge in [0.05, 0.1) is 0 Å². The molecule has 2 aromatic carbocycles. The minimum Gasteiger partial charge on any atom is -0.361 e. The van der Waals surface area contributed by atoms with Crippen LogP contribution in [0.5, 0.6) is 0 Å². The number of Topliss-reactive ketones (excluding diaryl/α,β-unsaturated/α-hetero) is 1. The molecule has 0 spiro atoms. The van der Waals surface area contributed by atoms with Crippen LogP contribution in [0.2, 0.25) is 0 Å². The fourth-order valence-electron chi connectivity index (χ4n) is 5.07. The number of benzene rings is 2. The molecule has 5 rings (SSSR count). The molecule has 4 heteroatoms. The van der Waals surface area contributed by atoms with Crippen molar-refractivity contribution >= 4 is 39.3 Å². The van der Waals surface area contributed by atoms with Crippen molar-refractivity contribution in [2.75, 3.05) is 13.1 Å². The molecule has 0 amide bonds. The summed E-state index contributed by atoms with van der Waals surface area (Å²) in [6, 6.07) is 15.1. The molecule has 0 radical (unpaired) electrons. The molecule has 2 saturated heterocycles. The summed E-state index contributed by atoms with van der Waals surface area (Å²) >= 11 is 2.26. The maximum Gasteiger partial charge on any atom is 0.167 e. The second kappa shape index (κ2) is 7.64. The van der Waals surface area contributed by atoms with Gasteiger partial charge in [-0.1, -0.05) is 18.2 Å². The Morgan fingerprint density at radius 1 is 1.14 bits per heavy atom. The first-order valence-electron chi connectivity index (χ1n) is 10.3. The number of aromatic amines is 1. The Bertz CT molecular complexity index is 1020. The first-order valence-corrected chi connectivity index (χ1v) is 11.4. The number of nitrogens with zero attached hydrogens (tertiary/aromatic N) is 1. The van der Waals surface area contributed by atoms with Gasteiger partial charge in [0.1, 0.15) is 0 Å². The van der Waals surface area contributed by atoms with Gasteiger partial charge in [-0.3, -0.25) is 9.69 Å². The zero-order chi connectivity index (χ0) is 19.1. The van der Waals surface area contributed by atoms with Crippen molar-refractivity contribution in [1.29, 1.82) is 0 Å². The fourth-order valence-corrected chi connectivity index (χ4v) is 5.61. The zero-order valence-electron chi connectivity index (χ0n) is 16.0. The van der Waals surface area contributed by atoms with Crippen LogP contribution in [0.1, 0.15) is 53.1 Å². The highest BCUT2D eigenvalue weighted by Gasteiger charge is 2.32. The van der Waals surface area contributed by atoms with Crippen LogP contribution < -0.4 is 0 Å². The molecule has 2 aliphatic rings. The number of carbonyl (C=O) groups excluding carboxylic acids is 1. The van der Waals surface area contributed by atoms with E-state index in [-0.39, 0.29) is 5.78 Å². The molecule has 2 fully saturated rings. The molecule has 28 heavy (non-hydrogen) atoms. The standard InChI is InChI=1S/C24H25IN2O/c25-19-4-1-3-17(13-19)24(28)12-16-6-9-23-21(11-16)22(14-26-23)18-7-8-20-5-2-10-27(20)15-18/h1,3-4,6,9,11,13-14,18,20,26H,2,5,7-8,10,12,15H2. The monoisotopic (exact) mass is 484 g/mol. The Labute approximate surface area is 179 Å². The van der Waals surface area contributed by atoms with E-state index in [1.54, 1.807) is 0 Å². The lowest BCUT2D eigenvalue weighted by molar-refractivity contribution is 0.0993. The zero-order valence-corrected chi connectivity index (χ0v) is 18.1. The van der Waals surface area contributed by atoms with E-state index in [9.17, 15) is 4.79 Å². The number of halogens is 1. The summed E-state index contributed by atoms with van der Waals surface area (Å²) in [7, 11) is 0. The van der Waals surface area contributed by atoms with E-state index in [1.807, 2.05) is 24.3 Å². The van der Waals surface area contributed by atoms with Crippen LogP contribution in [0.4, 0.5) is 0 Å². The van der Waals surface area contributed by atoms with Crippen molar-refractivity contribution in [3.63, 3.8) is 0 Å². The number of hydrogen-bond acceptors (Lipinski definition) is 2. The first kappa shape index (κ1) is 18.4. The van der Waals surface area contributed by atoms with Gasteiger partial charge < -0.3 is 4.98 Å². The van der Waals surface area contributed by atoms with Crippen LogP contribution in [-0.4, -0.2) is 34.8 Å². The molecule has 3 nitrogen and oxygen atoms in total. The Kier molecular flexibility index (Phi) is 5.01. The highest BCUT2D eigenvalue weighted by Crippen LogP contribution is 2.37. The average molecular weight is 484 g/mol. The normalized spacial score (nSPS) is 22.5. The van der Waals surface area contributed by atoms with Crippen molar-refractivity contribution in [3.05, 3.63) is 68.9 Å². The highest BCUT2D eigenvalue weighted by atomic mass is 127. The molecule has 2 atom stereocenters. The predicted molar refractivity (Wildman–Crippen MR) is 122 cm³/mol. The summed E-state index contributed by atoms with van der Waals surface area (Å²) in [4.78, 5) is 18.9. The van der Waals surface area contributed by atoms with Gasteiger partial charge in [-0.05, 0) is 96.1 Å². The number of nitrogens with one attached hydrogen (secondary N) is 1. The SMILES string of the molecule is O=C(Cc1ccc2[nH]cc(C3CCC4CCCN4C3)c2c1)c1cccc(I)c1. The Morgan fingerprint density at radius 3 is 2.96 bits per heavy atom.